The lowest BCUT2D eigenvalue weighted by molar-refractivity contribution is 0.387. The monoisotopic (exact) mass is 262 g/mol. The van der Waals surface area contributed by atoms with Crippen LogP contribution < -0.4 is 11.1 Å². The number of aryl methyl sites for hydroxylation is 1. The van der Waals surface area contributed by atoms with Gasteiger partial charge in [0.05, 0.1) is 0 Å². The maximum atomic E-state index is 5.86. The van der Waals surface area contributed by atoms with Crippen molar-refractivity contribution in [3.63, 3.8) is 0 Å². The van der Waals surface area contributed by atoms with E-state index in [4.69, 9.17) is 10.3 Å². The van der Waals surface area contributed by atoms with Gasteiger partial charge >= 0.3 is 0 Å². The second-order valence-corrected chi connectivity index (χ2v) is 4.24. The summed E-state index contributed by atoms with van der Waals surface area (Å²) in [6.07, 6.45) is 3.99. The number of nitrogens with two attached hydrogens (primary N) is 1. The van der Waals surface area contributed by atoms with Gasteiger partial charge in [-0.15, -0.1) is 0 Å². The smallest absolute Gasteiger partial charge is 0.223 e. The average Bonchev–Trinajstić information content (AvgIpc) is 2.79. The van der Waals surface area contributed by atoms with Crippen LogP contribution in [-0.4, -0.2) is 26.7 Å². The lowest BCUT2D eigenvalue weighted by Crippen LogP contribution is -2.11. The maximum Gasteiger partial charge on any atom is 0.223 e. The van der Waals surface area contributed by atoms with Gasteiger partial charge in [0, 0.05) is 25.5 Å². The largest absolute Gasteiger partial charge is 0.383 e. The lowest BCUT2D eigenvalue weighted by atomic mass is 10.1. The van der Waals surface area contributed by atoms with Gasteiger partial charge in [0.15, 0.2) is 5.82 Å². The second kappa shape index (κ2) is 6.12. The molecule has 0 aromatic carbocycles. The number of rotatable bonds is 6. The Balaban J connectivity index is 1.97. The van der Waals surface area contributed by atoms with Crippen molar-refractivity contribution < 1.29 is 4.52 Å². The van der Waals surface area contributed by atoms with Crippen molar-refractivity contribution in [2.75, 3.05) is 17.6 Å². The second-order valence-electron chi connectivity index (χ2n) is 4.24. The van der Waals surface area contributed by atoms with Crippen LogP contribution in [0.15, 0.2) is 10.9 Å². The minimum absolute atomic E-state index is 0.537. The van der Waals surface area contributed by atoms with E-state index in [1.54, 1.807) is 6.92 Å². The van der Waals surface area contributed by atoms with Crippen LogP contribution in [0.1, 0.15) is 30.6 Å². The van der Waals surface area contributed by atoms with Crippen molar-refractivity contribution in [1.29, 1.82) is 0 Å². The molecule has 2 aromatic heterocycles. The molecule has 2 rings (SSSR count). The molecule has 3 N–H and O–H groups in total. The summed E-state index contributed by atoms with van der Waals surface area (Å²) in [5.74, 6) is 2.58. The predicted molar refractivity (Wildman–Crippen MR) is 71.7 cm³/mol. The third-order valence-corrected chi connectivity index (χ3v) is 2.69. The summed E-state index contributed by atoms with van der Waals surface area (Å²) in [6.45, 7) is 4.54. The fourth-order valence-electron chi connectivity index (χ4n) is 1.81. The Morgan fingerprint density at radius 1 is 1.32 bits per heavy atom. The standard InChI is InChI=1S/C12H18N6O/c1-3-4-9-11(13)15-7-16-12(9)14-6-5-10-17-8(2)19-18-10/h7H,3-6H2,1-2H3,(H3,13,14,15,16). The summed E-state index contributed by atoms with van der Waals surface area (Å²) in [7, 11) is 0. The fraction of sp³-hybridized carbons (Fsp3) is 0.500. The van der Waals surface area contributed by atoms with Gasteiger partial charge in [-0.05, 0) is 6.42 Å². The third kappa shape index (κ3) is 3.40. The molecule has 0 aliphatic carbocycles. The zero-order valence-electron chi connectivity index (χ0n) is 11.2. The molecule has 2 aromatic rings. The van der Waals surface area contributed by atoms with Crippen molar-refractivity contribution >= 4 is 11.6 Å². The summed E-state index contributed by atoms with van der Waals surface area (Å²) in [4.78, 5) is 12.4. The van der Waals surface area contributed by atoms with Crippen molar-refractivity contribution in [3.8, 4) is 0 Å². The molecule has 0 unspecified atom stereocenters. The Bertz CT molecular complexity index is 539. The summed E-state index contributed by atoms with van der Waals surface area (Å²) >= 11 is 0. The highest BCUT2D eigenvalue weighted by Crippen LogP contribution is 2.18. The van der Waals surface area contributed by atoms with E-state index in [-0.39, 0.29) is 0 Å². The van der Waals surface area contributed by atoms with Crippen LogP contribution in [0.4, 0.5) is 11.6 Å². The summed E-state index contributed by atoms with van der Waals surface area (Å²) < 4.78 is 4.91. The first-order chi connectivity index (χ1) is 9.20. The first-order valence-corrected chi connectivity index (χ1v) is 6.33. The van der Waals surface area contributed by atoms with Gasteiger partial charge in [-0.2, -0.15) is 4.98 Å². The van der Waals surface area contributed by atoms with E-state index in [2.05, 4.69) is 32.3 Å². The summed E-state index contributed by atoms with van der Waals surface area (Å²) in [5.41, 5.74) is 6.83. The molecule has 7 heteroatoms. The van der Waals surface area contributed by atoms with E-state index in [1.165, 1.54) is 6.33 Å². The van der Waals surface area contributed by atoms with Crippen LogP contribution in [0.3, 0.4) is 0 Å². The molecule has 0 saturated carbocycles. The van der Waals surface area contributed by atoms with Crippen LogP contribution >= 0.6 is 0 Å². The first kappa shape index (κ1) is 13.3. The molecule has 0 saturated heterocycles. The number of hydrogen-bond acceptors (Lipinski definition) is 7. The van der Waals surface area contributed by atoms with E-state index in [9.17, 15) is 0 Å². The summed E-state index contributed by atoms with van der Waals surface area (Å²) in [6, 6.07) is 0. The molecule has 0 aliphatic rings. The van der Waals surface area contributed by atoms with Crippen molar-refractivity contribution in [1.82, 2.24) is 20.1 Å². The molecule has 0 amide bonds. The minimum atomic E-state index is 0.537. The topological polar surface area (TPSA) is 103 Å². The van der Waals surface area contributed by atoms with Crippen LogP contribution in [0.2, 0.25) is 0 Å². The highest BCUT2D eigenvalue weighted by atomic mass is 16.5. The number of nitrogens with zero attached hydrogens (tertiary/aromatic N) is 4. The molecule has 0 radical (unpaired) electrons. The number of anilines is 2. The molecule has 7 nitrogen and oxygen atoms in total. The van der Waals surface area contributed by atoms with Gasteiger partial charge in [0.25, 0.3) is 0 Å². The molecule has 19 heavy (non-hydrogen) atoms. The predicted octanol–water partition coefficient (Wildman–Crippen LogP) is 1.36. The van der Waals surface area contributed by atoms with Gasteiger partial charge in [-0.1, -0.05) is 18.5 Å². The van der Waals surface area contributed by atoms with Crippen LogP contribution in [-0.2, 0) is 12.8 Å². The highest BCUT2D eigenvalue weighted by molar-refractivity contribution is 5.54. The molecule has 2 heterocycles. The highest BCUT2D eigenvalue weighted by Gasteiger charge is 2.08. The average molecular weight is 262 g/mol. The Kier molecular flexibility index (Phi) is 4.27. The van der Waals surface area contributed by atoms with E-state index in [1.807, 2.05) is 0 Å². The van der Waals surface area contributed by atoms with Crippen LogP contribution in [0.5, 0.6) is 0 Å². The van der Waals surface area contributed by atoms with E-state index < -0.39 is 0 Å². The zero-order valence-corrected chi connectivity index (χ0v) is 11.2. The quantitative estimate of drug-likeness (QED) is 0.810. The maximum absolute atomic E-state index is 5.86. The van der Waals surface area contributed by atoms with E-state index in [0.29, 0.717) is 30.5 Å². The minimum Gasteiger partial charge on any atom is -0.383 e. The van der Waals surface area contributed by atoms with Crippen molar-refractivity contribution in [2.24, 2.45) is 0 Å². The van der Waals surface area contributed by atoms with Gasteiger partial charge in [0.1, 0.15) is 18.0 Å². The van der Waals surface area contributed by atoms with Crippen molar-refractivity contribution in [3.05, 3.63) is 23.6 Å². The molecule has 0 bridgehead atoms. The molecular weight excluding hydrogens is 244 g/mol. The Morgan fingerprint density at radius 3 is 2.84 bits per heavy atom. The SMILES string of the molecule is CCCc1c(N)ncnc1NCCc1noc(C)n1. The van der Waals surface area contributed by atoms with Crippen LogP contribution in [0, 0.1) is 6.92 Å². The number of nitrogens with one attached hydrogen (secondary N) is 1. The van der Waals surface area contributed by atoms with E-state index in [0.717, 1.165) is 24.2 Å². The molecule has 0 spiro atoms. The van der Waals surface area contributed by atoms with Crippen molar-refractivity contribution in [2.45, 2.75) is 33.1 Å². The number of nitrogen functional groups attached to an aromatic ring is 1. The van der Waals surface area contributed by atoms with E-state index >= 15 is 0 Å². The molecule has 0 aliphatic heterocycles. The van der Waals surface area contributed by atoms with Crippen LogP contribution in [0.25, 0.3) is 0 Å². The third-order valence-electron chi connectivity index (χ3n) is 2.69. The normalized spacial score (nSPS) is 10.6. The Hall–Kier alpha value is -2.18. The zero-order chi connectivity index (χ0) is 13.7. The number of hydrogen-bond donors (Lipinski definition) is 2. The Labute approximate surface area is 111 Å². The van der Waals surface area contributed by atoms with Gasteiger partial charge in [0.2, 0.25) is 5.89 Å². The first-order valence-electron chi connectivity index (χ1n) is 6.33. The number of aromatic nitrogens is 4. The van der Waals surface area contributed by atoms with Gasteiger partial charge in [-0.3, -0.25) is 0 Å². The molecule has 102 valence electrons. The molecule has 0 fully saturated rings. The fourth-order valence-corrected chi connectivity index (χ4v) is 1.81. The summed E-state index contributed by atoms with van der Waals surface area (Å²) in [5, 5.41) is 7.08. The van der Waals surface area contributed by atoms with Gasteiger partial charge in [-0.25, -0.2) is 9.97 Å². The molecular formula is C12H18N6O. The lowest BCUT2D eigenvalue weighted by Gasteiger charge is -2.10. The van der Waals surface area contributed by atoms with Gasteiger partial charge < -0.3 is 15.6 Å². The molecule has 0 atom stereocenters. The Morgan fingerprint density at radius 2 is 2.16 bits per heavy atom.